The third kappa shape index (κ3) is 2.85. The van der Waals surface area contributed by atoms with E-state index in [-0.39, 0.29) is 12.3 Å². The average Bonchev–Trinajstić information content (AvgIpc) is 2.39. The molecule has 2 aromatic rings. The molecule has 0 unspecified atom stereocenters. The van der Waals surface area contributed by atoms with Crippen LogP contribution in [-0.2, 0) is 4.74 Å². The van der Waals surface area contributed by atoms with E-state index in [1.54, 1.807) is 19.3 Å². The summed E-state index contributed by atoms with van der Waals surface area (Å²) in [6.45, 7) is 3.76. The molecular formula is C13H13N3O3. The summed E-state index contributed by atoms with van der Waals surface area (Å²) in [6, 6.07) is 3.13. The largest absolute Gasteiger partial charge is 0.461 e. The van der Waals surface area contributed by atoms with Gasteiger partial charge in [-0.05, 0) is 25.5 Å². The second kappa shape index (κ2) is 5.43. The maximum atomic E-state index is 11.6. The van der Waals surface area contributed by atoms with Crippen LogP contribution in [0.3, 0.4) is 0 Å². The molecule has 0 spiro atoms. The lowest BCUT2D eigenvalue weighted by atomic mass is 10.3. The monoisotopic (exact) mass is 259 g/mol. The molecule has 0 aliphatic rings. The summed E-state index contributed by atoms with van der Waals surface area (Å²) in [4.78, 5) is 27.2. The topological polar surface area (TPSA) is 74.1 Å². The van der Waals surface area contributed by atoms with E-state index in [9.17, 15) is 9.59 Å². The standard InChI is InChI=1S/C13H13N3O3/c1-3-19-13(18)12-11(17)4-5-16(15-12)10-6-9(2)7-14-8-10/h4-8H,3H2,1-2H3. The van der Waals surface area contributed by atoms with E-state index < -0.39 is 11.4 Å². The van der Waals surface area contributed by atoms with Gasteiger partial charge < -0.3 is 4.74 Å². The maximum absolute atomic E-state index is 11.6. The first kappa shape index (κ1) is 12.9. The molecule has 0 aliphatic carbocycles. The fraction of sp³-hybridized carbons (Fsp3) is 0.231. The predicted octanol–water partition coefficient (Wildman–Crippen LogP) is 1.11. The number of aryl methyl sites for hydroxylation is 1. The number of esters is 1. The smallest absolute Gasteiger partial charge is 0.362 e. The molecule has 0 radical (unpaired) electrons. The molecular weight excluding hydrogens is 246 g/mol. The number of carbonyl (C=O) groups is 1. The Hall–Kier alpha value is -2.50. The van der Waals surface area contributed by atoms with Crippen molar-refractivity contribution < 1.29 is 9.53 Å². The lowest BCUT2D eigenvalue weighted by Gasteiger charge is -2.07. The Bertz CT molecular complexity index is 664. The summed E-state index contributed by atoms with van der Waals surface area (Å²) < 4.78 is 6.22. The Morgan fingerprint density at radius 1 is 1.42 bits per heavy atom. The Kier molecular flexibility index (Phi) is 3.70. The molecule has 2 heterocycles. The Labute approximate surface area is 109 Å². The second-order valence-corrected chi connectivity index (χ2v) is 3.91. The fourth-order valence-corrected chi connectivity index (χ4v) is 1.56. The van der Waals surface area contributed by atoms with E-state index in [4.69, 9.17) is 4.74 Å². The van der Waals surface area contributed by atoms with Crippen molar-refractivity contribution in [3.8, 4) is 5.69 Å². The van der Waals surface area contributed by atoms with Crippen LogP contribution in [0, 0.1) is 6.92 Å². The molecule has 2 aromatic heterocycles. The Balaban J connectivity index is 2.47. The van der Waals surface area contributed by atoms with E-state index in [1.807, 2.05) is 13.0 Å². The molecule has 0 atom stereocenters. The van der Waals surface area contributed by atoms with E-state index in [0.29, 0.717) is 5.69 Å². The van der Waals surface area contributed by atoms with Gasteiger partial charge in [-0.3, -0.25) is 9.78 Å². The first-order chi connectivity index (χ1) is 9.11. The van der Waals surface area contributed by atoms with Crippen LogP contribution in [0.4, 0.5) is 0 Å². The second-order valence-electron chi connectivity index (χ2n) is 3.91. The molecule has 0 fully saturated rings. The number of hydrogen-bond donors (Lipinski definition) is 0. The molecule has 6 nitrogen and oxygen atoms in total. The molecule has 0 aliphatic heterocycles. The minimum atomic E-state index is -0.720. The summed E-state index contributed by atoms with van der Waals surface area (Å²) in [6.07, 6.45) is 4.79. The Morgan fingerprint density at radius 2 is 2.21 bits per heavy atom. The van der Waals surface area contributed by atoms with Crippen LogP contribution in [0.2, 0.25) is 0 Å². The predicted molar refractivity (Wildman–Crippen MR) is 68.3 cm³/mol. The van der Waals surface area contributed by atoms with Crippen LogP contribution in [0.15, 0.2) is 35.5 Å². The number of carbonyl (C=O) groups excluding carboxylic acids is 1. The van der Waals surface area contributed by atoms with Crippen LogP contribution >= 0.6 is 0 Å². The van der Waals surface area contributed by atoms with Gasteiger partial charge in [0, 0.05) is 18.5 Å². The summed E-state index contributed by atoms with van der Waals surface area (Å²) >= 11 is 0. The minimum absolute atomic E-state index is 0.195. The van der Waals surface area contributed by atoms with E-state index >= 15 is 0 Å². The SMILES string of the molecule is CCOC(=O)c1nn(-c2cncc(C)c2)ccc1=O. The van der Waals surface area contributed by atoms with E-state index in [0.717, 1.165) is 5.56 Å². The number of ether oxygens (including phenoxy) is 1. The van der Waals surface area contributed by atoms with Crippen molar-refractivity contribution in [2.24, 2.45) is 0 Å². The zero-order valence-electron chi connectivity index (χ0n) is 10.7. The molecule has 2 rings (SSSR count). The number of nitrogens with zero attached hydrogens (tertiary/aromatic N) is 3. The third-order valence-electron chi connectivity index (χ3n) is 2.40. The van der Waals surface area contributed by atoms with Crippen LogP contribution < -0.4 is 5.43 Å². The van der Waals surface area contributed by atoms with Gasteiger partial charge in [0.05, 0.1) is 18.5 Å². The third-order valence-corrected chi connectivity index (χ3v) is 2.40. The molecule has 0 N–H and O–H groups in total. The normalized spacial score (nSPS) is 10.2. The number of aromatic nitrogens is 3. The van der Waals surface area contributed by atoms with Crippen molar-refractivity contribution >= 4 is 5.97 Å². The van der Waals surface area contributed by atoms with Gasteiger partial charge in [-0.1, -0.05) is 0 Å². The van der Waals surface area contributed by atoms with Gasteiger partial charge >= 0.3 is 5.97 Å². The lowest BCUT2D eigenvalue weighted by Crippen LogP contribution is -2.22. The molecule has 0 saturated heterocycles. The van der Waals surface area contributed by atoms with E-state index in [2.05, 4.69) is 10.1 Å². The average molecular weight is 259 g/mol. The molecule has 6 heteroatoms. The highest BCUT2D eigenvalue weighted by Gasteiger charge is 2.14. The first-order valence-electron chi connectivity index (χ1n) is 5.81. The summed E-state index contributed by atoms with van der Waals surface area (Å²) in [5, 5.41) is 3.99. The van der Waals surface area contributed by atoms with Crippen LogP contribution in [-0.4, -0.2) is 27.3 Å². The number of rotatable bonds is 3. The van der Waals surface area contributed by atoms with Gasteiger partial charge in [0.1, 0.15) is 0 Å². The van der Waals surface area contributed by atoms with Crippen LogP contribution in [0.1, 0.15) is 23.0 Å². The van der Waals surface area contributed by atoms with Gasteiger partial charge in [-0.15, -0.1) is 0 Å². The summed E-state index contributed by atoms with van der Waals surface area (Å²) in [5.74, 6) is -0.720. The van der Waals surface area contributed by atoms with Gasteiger partial charge in [0.25, 0.3) is 0 Å². The van der Waals surface area contributed by atoms with Crippen molar-refractivity contribution in [2.75, 3.05) is 6.61 Å². The molecule has 0 saturated carbocycles. The minimum Gasteiger partial charge on any atom is -0.461 e. The quantitative estimate of drug-likeness (QED) is 0.772. The van der Waals surface area contributed by atoms with Crippen LogP contribution in [0.5, 0.6) is 0 Å². The van der Waals surface area contributed by atoms with Gasteiger partial charge in [-0.25, -0.2) is 9.48 Å². The summed E-state index contributed by atoms with van der Waals surface area (Å²) in [5.41, 5.74) is 0.933. The molecule has 0 bridgehead atoms. The highest BCUT2D eigenvalue weighted by Crippen LogP contribution is 2.06. The van der Waals surface area contributed by atoms with Crippen molar-refractivity contribution in [2.45, 2.75) is 13.8 Å². The Morgan fingerprint density at radius 3 is 2.89 bits per heavy atom. The van der Waals surface area contributed by atoms with Crippen molar-refractivity contribution in [3.63, 3.8) is 0 Å². The maximum Gasteiger partial charge on any atom is 0.362 e. The van der Waals surface area contributed by atoms with Gasteiger partial charge in [0.2, 0.25) is 11.1 Å². The van der Waals surface area contributed by atoms with Gasteiger partial charge in [0.15, 0.2) is 0 Å². The molecule has 0 amide bonds. The molecule has 19 heavy (non-hydrogen) atoms. The highest BCUT2D eigenvalue weighted by molar-refractivity contribution is 5.86. The molecule has 0 aromatic carbocycles. The van der Waals surface area contributed by atoms with Gasteiger partial charge in [-0.2, -0.15) is 5.10 Å². The number of hydrogen-bond acceptors (Lipinski definition) is 5. The van der Waals surface area contributed by atoms with Crippen LogP contribution in [0.25, 0.3) is 5.69 Å². The van der Waals surface area contributed by atoms with Crippen molar-refractivity contribution in [1.82, 2.24) is 14.8 Å². The summed E-state index contributed by atoms with van der Waals surface area (Å²) in [7, 11) is 0. The lowest BCUT2D eigenvalue weighted by molar-refractivity contribution is 0.0515. The van der Waals surface area contributed by atoms with Crippen molar-refractivity contribution in [3.05, 3.63) is 52.2 Å². The zero-order chi connectivity index (χ0) is 13.8. The number of pyridine rings is 1. The molecule has 98 valence electrons. The highest BCUT2D eigenvalue weighted by atomic mass is 16.5. The van der Waals surface area contributed by atoms with E-state index in [1.165, 1.54) is 16.9 Å². The fourth-order valence-electron chi connectivity index (χ4n) is 1.56. The zero-order valence-corrected chi connectivity index (χ0v) is 10.7. The van der Waals surface area contributed by atoms with Crippen molar-refractivity contribution in [1.29, 1.82) is 0 Å². The first-order valence-corrected chi connectivity index (χ1v) is 5.81.